The Morgan fingerprint density at radius 1 is 1.29 bits per heavy atom. The summed E-state index contributed by atoms with van der Waals surface area (Å²) in [5.74, 6) is 3.15. The Morgan fingerprint density at radius 2 is 1.88 bits per heavy atom. The molecule has 0 spiro atoms. The van der Waals surface area contributed by atoms with E-state index in [0.717, 1.165) is 0 Å². The third kappa shape index (κ3) is 2.62. The van der Waals surface area contributed by atoms with Gasteiger partial charge in [-0.15, -0.1) is 5.92 Å². The molecule has 0 aromatic heterocycles. The van der Waals surface area contributed by atoms with Gasteiger partial charge in [0, 0.05) is 14.2 Å². The summed E-state index contributed by atoms with van der Waals surface area (Å²) >= 11 is 0. The molecule has 1 fully saturated rings. The molecule has 0 aromatic carbocycles. The summed E-state index contributed by atoms with van der Waals surface area (Å²) in [6, 6.07) is 0. The topological polar surface area (TPSA) is 57.2 Å². The molecule has 1 rings (SSSR count). The summed E-state index contributed by atoms with van der Waals surface area (Å²) in [7, 11) is 3.02. The van der Waals surface area contributed by atoms with Crippen molar-refractivity contribution in [3.05, 3.63) is 0 Å². The predicted molar refractivity (Wildman–Crippen MR) is 61.1 cm³/mol. The molecule has 0 saturated carbocycles. The van der Waals surface area contributed by atoms with Gasteiger partial charge in [0.05, 0.1) is 6.61 Å². The van der Waals surface area contributed by atoms with E-state index in [1.165, 1.54) is 14.2 Å². The minimum Gasteiger partial charge on any atom is -0.378 e. The molecular formula is C12H20O5. The van der Waals surface area contributed by atoms with E-state index in [4.69, 9.17) is 18.9 Å². The maximum absolute atomic E-state index is 9.77. The molecule has 1 unspecified atom stereocenters. The maximum Gasteiger partial charge on any atom is 0.220 e. The molecule has 1 aliphatic rings. The summed E-state index contributed by atoms with van der Waals surface area (Å²) in [6.45, 7) is 5.28. The van der Waals surface area contributed by atoms with Crippen LogP contribution in [0.5, 0.6) is 0 Å². The fourth-order valence-corrected chi connectivity index (χ4v) is 1.68. The Hall–Kier alpha value is -0.640. The van der Waals surface area contributed by atoms with E-state index in [2.05, 4.69) is 11.8 Å². The average molecular weight is 244 g/mol. The SMILES string of the molecule is CC#C[C@@H](O)[C@H]1COC(C)(OC)[C@](C)(OC)O1. The molecule has 1 N–H and O–H groups in total. The molecule has 0 bridgehead atoms. The van der Waals surface area contributed by atoms with Crippen molar-refractivity contribution in [1.29, 1.82) is 0 Å². The van der Waals surface area contributed by atoms with Crippen LogP contribution in [-0.2, 0) is 18.9 Å². The second-order valence-corrected chi connectivity index (χ2v) is 4.11. The second kappa shape index (κ2) is 5.34. The van der Waals surface area contributed by atoms with Crippen molar-refractivity contribution in [3.63, 3.8) is 0 Å². The van der Waals surface area contributed by atoms with Gasteiger partial charge in [-0.1, -0.05) is 5.92 Å². The maximum atomic E-state index is 9.77. The van der Waals surface area contributed by atoms with Crippen LogP contribution in [0.2, 0.25) is 0 Å². The lowest BCUT2D eigenvalue weighted by Crippen LogP contribution is -2.63. The molecular weight excluding hydrogens is 224 g/mol. The number of methoxy groups -OCH3 is 2. The van der Waals surface area contributed by atoms with Crippen molar-refractivity contribution >= 4 is 0 Å². The van der Waals surface area contributed by atoms with Crippen molar-refractivity contribution in [2.45, 2.75) is 44.6 Å². The summed E-state index contributed by atoms with van der Waals surface area (Å²) in [6.07, 6.45) is -1.47. The third-order valence-corrected chi connectivity index (χ3v) is 3.15. The van der Waals surface area contributed by atoms with Crippen LogP contribution < -0.4 is 0 Å². The Kier molecular flexibility index (Phi) is 4.53. The van der Waals surface area contributed by atoms with E-state index in [1.807, 2.05) is 0 Å². The van der Waals surface area contributed by atoms with Gasteiger partial charge in [-0.2, -0.15) is 0 Å². The molecule has 1 aliphatic heterocycles. The summed E-state index contributed by atoms with van der Waals surface area (Å²) in [4.78, 5) is 0. The van der Waals surface area contributed by atoms with E-state index in [-0.39, 0.29) is 6.61 Å². The lowest BCUT2D eigenvalue weighted by molar-refractivity contribution is -0.435. The van der Waals surface area contributed by atoms with Gasteiger partial charge in [0.1, 0.15) is 12.2 Å². The van der Waals surface area contributed by atoms with E-state index in [0.29, 0.717) is 0 Å². The van der Waals surface area contributed by atoms with Crippen LogP contribution >= 0.6 is 0 Å². The van der Waals surface area contributed by atoms with Crippen molar-refractivity contribution in [2.75, 3.05) is 20.8 Å². The first-order chi connectivity index (χ1) is 7.92. The molecule has 17 heavy (non-hydrogen) atoms. The van der Waals surface area contributed by atoms with Gasteiger partial charge in [-0.3, -0.25) is 0 Å². The van der Waals surface area contributed by atoms with Gasteiger partial charge >= 0.3 is 0 Å². The summed E-state index contributed by atoms with van der Waals surface area (Å²) in [5, 5.41) is 9.77. The first-order valence-electron chi connectivity index (χ1n) is 5.45. The number of ether oxygens (including phenoxy) is 4. The van der Waals surface area contributed by atoms with Crippen LogP contribution in [-0.4, -0.2) is 49.7 Å². The van der Waals surface area contributed by atoms with E-state index >= 15 is 0 Å². The van der Waals surface area contributed by atoms with Crippen LogP contribution in [0.15, 0.2) is 0 Å². The Morgan fingerprint density at radius 3 is 2.35 bits per heavy atom. The van der Waals surface area contributed by atoms with Crippen molar-refractivity contribution in [3.8, 4) is 11.8 Å². The van der Waals surface area contributed by atoms with Gasteiger partial charge in [0.25, 0.3) is 0 Å². The first kappa shape index (κ1) is 14.4. The number of aliphatic hydroxyl groups is 1. The highest BCUT2D eigenvalue weighted by molar-refractivity contribution is 5.06. The van der Waals surface area contributed by atoms with Gasteiger partial charge in [0.15, 0.2) is 0 Å². The number of hydrogen-bond donors (Lipinski definition) is 1. The molecule has 1 heterocycles. The molecule has 98 valence electrons. The highest BCUT2D eigenvalue weighted by Gasteiger charge is 2.54. The van der Waals surface area contributed by atoms with Crippen LogP contribution in [0.3, 0.4) is 0 Å². The zero-order chi connectivity index (χ0) is 13.1. The fourth-order valence-electron chi connectivity index (χ4n) is 1.68. The van der Waals surface area contributed by atoms with E-state index in [1.54, 1.807) is 20.8 Å². The second-order valence-electron chi connectivity index (χ2n) is 4.11. The third-order valence-electron chi connectivity index (χ3n) is 3.15. The molecule has 0 radical (unpaired) electrons. The van der Waals surface area contributed by atoms with Crippen LogP contribution in [0.1, 0.15) is 20.8 Å². The normalized spacial score (nSPS) is 39.3. The fraction of sp³-hybridized carbons (Fsp3) is 0.833. The number of aliphatic hydroxyl groups excluding tert-OH is 1. The minimum atomic E-state index is -1.10. The molecule has 0 amide bonds. The van der Waals surface area contributed by atoms with E-state index < -0.39 is 23.8 Å². The molecule has 4 atom stereocenters. The molecule has 5 nitrogen and oxygen atoms in total. The summed E-state index contributed by atoms with van der Waals surface area (Å²) < 4.78 is 21.9. The molecule has 1 saturated heterocycles. The average Bonchev–Trinajstić information content (AvgIpc) is 2.33. The zero-order valence-electron chi connectivity index (χ0n) is 10.9. The van der Waals surface area contributed by atoms with Gasteiger partial charge in [0.2, 0.25) is 11.6 Å². The minimum absolute atomic E-state index is 0.194. The standard InChI is InChI=1S/C12H20O5/c1-6-7-9(13)10-8-16-11(2,14-4)12(3,15-5)17-10/h9-10,13H,8H2,1-5H3/t9-,10-,11?,12-/m1/s1. The molecule has 5 heteroatoms. The van der Waals surface area contributed by atoms with Crippen LogP contribution in [0.4, 0.5) is 0 Å². The highest BCUT2D eigenvalue weighted by Crippen LogP contribution is 2.36. The zero-order valence-corrected chi connectivity index (χ0v) is 10.9. The van der Waals surface area contributed by atoms with E-state index in [9.17, 15) is 5.11 Å². The lowest BCUT2D eigenvalue weighted by Gasteiger charge is -2.49. The monoisotopic (exact) mass is 244 g/mol. The van der Waals surface area contributed by atoms with Crippen molar-refractivity contribution in [2.24, 2.45) is 0 Å². The van der Waals surface area contributed by atoms with Gasteiger partial charge in [-0.05, 0) is 20.8 Å². The Bertz CT molecular complexity index is 321. The molecule has 0 aliphatic carbocycles. The predicted octanol–water partition coefficient (Wildman–Crippen LogP) is 0.511. The lowest BCUT2D eigenvalue weighted by atomic mass is 10.1. The summed E-state index contributed by atoms with van der Waals surface area (Å²) in [5.41, 5.74) is 0. The quantitative estimate of drug-likeness (QED) is 0.733. The Balaban J connectivity index is 2.86. The van der Waals surface area contributed by atoms with Gasteiger partial charge in [-0.25, -0.2) is 0 Å². The number of hydrogen-bond acceptors (Lipinski definition) is 5. The number of rotatable bonds is 3. The van der Waals surface area contributed by atoms with Crippen LogP contribution in [0.25, 0.3) is 0 Å². The first-order valence-corrected chi connectivity index (χ1v) is 5.45. The van der Waals surface area contributed by atoms with Crippen molar-refractivity contribution in [1.82, 2.24) is 0 Å². The smallest absolute Gasteiger partial charge is 0.220 e. The highest BCUT2D eigenvalue weighted by atomic mass is 16.8. The van der Waals surface area contributed by atoms with Crippen LogP contribution in [0, 0.1) is 11.8 Å². The Labute approximate surface area is 102 Å². The molecule has 0 aromatic rings. The largest absolute Gasteiger partial charge is 0.378 e. The van der Waals surface area contributed by atoms with Gasteiger partial charge < -0.3 is 24.1 Å². The van der Waals surface area contributed by atoms with Crippen molar-refractivity contribution < 1.29 is 24.1 Å².